The third-order valence-corrected chi connectivity index (χ3v) is 4.44. The smallest absolute Gasteiger partial charge is 0.276 e. The van der Waals surface area contributed by atoms with Crippen molar-refractivity contribution >= 4 is 5.91 Å². The van der Waals surface area contributed by atoms with E-state index in [-0.39, 0.29) is 17.6 Å². The summed E-state index contributed by atoms with van der Waals surface area (Å²) in [4.78, 5) is 14.3. The minimum Gasteiger partial charge on any atom is -0.420 e. The van der Waals surface area contributed by atoms with E-state index >= 15 is 0 Å². The fourth-order valence-corrected chi connectivity index (χ4v) is 3.10. The molecule has 2 aromatic heterocycles. The van der Waals surface area contributed by atoms with Crippen LogP contribution in [0.3, 0.4) is 0 Å². The van der Waals surface area contributed by atoms with Gasteiger partial charge in [-0.25, -0.2) is 4.39 Å². The maximum atomic E-state index is 13.0. The molecule has 0 bridgehead atoms. The van der Waals surface area contributed by atoms with Crippen LogP contribution < -0.4 is 0 Å². The van der Waals surface area contributed by atoms with Crippen molar-refractivity contribution in [3.63, 3.8) is 0 Å². The molecular weight excluding hydrogens is 339 g/mol. The summed E-state index contributed by atoms with van der Waals surface area (Å²) in [5, 5.41) is 12.0. The van der Waals surface area contributed by atoms with Gasteiger partial charge in [0.2, 0.25) is 11.8 Å². The van der Waals surface area contributed by atoms with Gasteiger partial charge in [0.15, 0.2) is 5.69 Å². The molecule has 4 rings (SSSR count). The van der Waals surface area contributed by atoms with Gasteiger partial charge in [0.25, 0.3) is 5.91 Å². The Morgan fingerprint density at radius 2 is 2.08 bits per heavy atom. The Morgan fingerprint density at radius 3 is 2.81 bits per heavy atom. The third kappa shape index (κ3) is 3.22. The fraction of sp³-hybridized carbons (Fsp3) is 0.333. The molecule has 1 aromatic carbocycles. The predicted molar refractivity (Wildman–Crippen MR) is 88.8 cm³/mol. The third-order valence-electron chi connectivity index (χ3n) is 4.44. The van der Waals surface area contributed by atoms with Crippen LogP contribution in [0.2, 0.25) is 0 Å². The van der Waals surface area contributed by atoms with Crippen LogP contribution in [0.15, 0.2) is 39.3 Å². The summed E-state index contributed by atoms with van der Waals surface area (Å²) in [6.07, 6.45) is 1.69. The molecule has 8 heteroatoms. The van der Waals surface area contributed by atoms with Crippen LogP contribution in [-0.2, 0) is 0 Å². The second kappa shape index (κ2) is 6.70. The lowest BCUT2D eigenvalue weighted by Crippen LogP contribution is -2.39. The molecule has 1 aliphatic rings. The number of benzene rings is 1. The number of amides is 1. The van der Waals surface area contributed by atoms with Crippen LogP contribution in [0.4, 0.5) is 4.39 Å². The minimum atomic E-state index is -0.321. The van der Waals surface area contributed by atoms with Crippen LogP contribution in [0.5, 0.6) is 0 Å². The molecule has 1 aliphatic heterocycles. The first-order valence-corrected chi connectivity index (χ1v) is 8.42. The highest BCUT2D eigenvalue weighted by Crippen LogP contribution is 2.29. The highest BCUT2D eigenvalue weighted by molar-refractivity contribution is 5.92. The van der Waals surface area contributed by atoms with Gasteiger partial charge in [0, 0.05) is 24.7 Å². The molecule has 1 amide bonds. The number of carbonyl (C=O) groups is 1. The molecule has 1 fully saturated rings. The van der Waals surface area contributed by atoms with E-state index < -0.39 is 0 Å². The monoisotopic (exact) mass is 356 g/mol. The molecule has 0 N–H and O–H groups in total. The van der Waals surface area contributed by atoms with Crippen LogP contribution in [0.25, 0.3) is 11.5 Å². The molecule has 26 heavy (non-hydrogen) atoms. The first kappa shape index (κ1) is 16.4. The Morgan fingerprint density at radius 1 is 1.27 bits per heavy atom. The van der Waals surface area contributed by atoms with Gasteiger partial charge in [-0.2, -0.15) is 0 Å². The molecule has 0 aliphatic carbocycles. The van der Waals surface area contributed by atoms with Gasteiger partial charge in [-0.05, 0) is 44.0 Å². The number of halogens is 1. The zero-order valence-electron chi connectivity index (χ0n) is 14.2. The van der Waals surface area contributed by atoms with E-state index in [1.807, 2.05) is 0 Å². The molecular formula is C18H17FN4O3. The van der Waals surface area contributed by atoms with E-state index in [9.17, 15) is 9.18 Å². The summed E-state index contributed by atoms with van der Waals surface area (Å²) >= 11 is 0. The molecule has 3 heterocycles. The number of aryl methyl sites for hydroxylation is 1. The summed E-state index contributed by atoms with van der Waals surface area (Å²) in [5.74, 6) is 0.904. The van der Waals surface area contributed by atoms with Gasteiger partial charge in [-0.1, -0.05) is 5.16 Å². The Balaban J connectivity index is 1.49. The van der Waals surface area contributed by atoms with Gasteiger partial charge >= 0.3 is 0 Å². The number of hydrogen-bond donors (Lipinski definition) is 0. The molecule has 7 nitrogen and oxygen atoms in total. The van der Waals surface area contributed by atoms with E-state index in [2.05, 4.69) is 15.4 Å². The lowest BCUT2D eigenvalue weighted by molar-refractivity contribution is 0.0688. The number of hydrogen-bond acceptors (Lipinski definition) is 6. The molecule has 0 spiro atoms. The summed E-state index contributed by atoms with van der Waals surface area (Å²) in [6, 6.07) is 7.51. The summed E-state index contributed by atoms with van der Waals surface area (Å²) in [7, 11) is 0. The van der Waals surface area contributed by atoms with Crippen molar-refractivity contribution in [1.82, 2.24) is 20.3 Å². The second-order valence-corrected chi connectivity index (χ2v) is 6.37. The summed E-state index contributed by atoms with van der Waals surface area (Å²) in [6.45, 7) is 2.88. The van der Waals surface area contributed by atoms with Gasteiger partial charge in [0.05, 0.1) is 5.92 Å². The Bertz CT molecular complexity index is 919. The Labute approximate surface area is 148 Å². The van der Waals surface area contributed by atoms with Crippen molar-refractivity contribution in [1.29, 1.82) is 0 Å². The van der Waals surface area contributed by atoms with Crippen molar-refractivity contribution < 1.29 is 18.1 Å². The SMILES string of the molecule is Cc1cc(C(=O)N2CCCC(c3nnc(-c4ccc(F)cc4)o3)C2)no1. The van der Waals surface area contributed by atoms with E-state index in [0.717, 1.165) is 12.8 Å². The first-order chi connectivity index (χ1) is 12.6. The lowest BCUT2D eigenvalue weighted by Gasteiger charge is -2.30. The van der Waals surface area contributed by atoms with Crippen LogP contribution in [-0.4, -0.2) is 39.3 Å². The Hall–Kier alpha value is -3.03. The molecule has 3 aromatic rings. The molecule has 1 saturated heterocycles. The zero-order chi connectivity index (χ0) is 18.1. The Kier molecular flexibility index (Phi) is 4.24. The number of piperidine rings is 1. The highest BCUT2D eigenvalue weighted by Gasteiger charge is 2.30. The standard InChI is InChI=1S/C18H17FN4O3/c1-11-9-15(22-26-11)18(24)23-8-2-3-13(10-23)17-21-20-16(25-17)12-4-6-14(19)7-5-12/h4-7,9,13H,2-3,8,10H2,1H3. The number of rotatable bonds is 3. The lowest BCUT2D eigenvalue weighted by atomic mass is 9.98. The van der Waals surface area contributed by atoms with E-state index in [1.54, 1.807) is 30.0 Å². The minimum absolute atomic E-state index is 0.0394. The number of nitrogens with zero attached hydrogens (tertiary/aromatic N) is 4. The normalized spacial score (nSPS) is 17.5. The molecule has 1 atom stereocenters. The van der Waals surface area contributed by atoms with Crippen molar-refractivity contribution in [2.75, 3.05) is 13.1 Å². The average Bonchev–Trinajstić information content (AvgIpc) is 3.31. The molecule has 0 saturated carbocycles. The molecule has 0 radical (unpaired) electrons. The maximum Gasteiger partial charge on any atom is 0.276 e. The quantitative estimate of drug-likeness (QED) is 0.716. The summed E-state index contributed by atoms with van der Waals surface area (Å²) < 4.78 is 23.8. The largest absolute Gasteiger partial charge is 0.420 e. The highest BCUT2D eigenvalue weighted by atomic mass is 19.1. The van der Waals surface area contributed by atoms with E-state index in [0.29, 0.717) is 41.9 Å². The first-order valence-electron chi connectivity index (χ1n) is 8.42. The fourth-order valence-electron chi connectivity index (χ4n) is 3.10. The van der Waals surface area contributed by atoms with Crippen LogP contribution in [0.1, 0.15) is 40.9 Å². The second-order valence-electron chi connectivity index (χ2n) is 6.37. The number of carbonyl (C=O) groups excluding carboxylic acids is 1. The zero-order valence-corrected chi connectivity index (χ0v) is 14.2. The molecule has 134 valence electrons. The van der Waals surface area contributed by atoms with Crippen LogP contribution in [0, 0.1) is 12.7 Å². The number of likely N-dealkylation sites (tertiary alicyclic amines) is 1. The van der Waals surface area contributed by atoms with Gasteiger partial charge in [0.1, 0.15) is 11.6 Å². The van der Waals surface area contributed by atoms with Crippen molar-refractivity contribution in [3.8, 4) is 11.5 Å². The number of aromatic nitrogens is 3. The van der Waals surface area contributed by atoms with Crippen molar-refractivity contribution in [2.45, 2.75) is 25.7 Å². The molecule has 1 unspecified atom stereocenters. The topological polar surface area (TPSA) is 85.3 Å². The van der Waals surface area contributed by atoms with Gasteiger partial charge in [-0.3, -0.25) is 4.79 Å². The average molecular weight is 356 g/mol. The van der Waals surface area contributed by atoms with Crippen molar-refractivity contribution in [2.24, 2.45) is 0 Å². The summed E-state index contributed by atoms with van der Waals surface area (Å²) in [5.41, 5.74) is 0.965. The van der Waals surface area contributed by atoms with Crippen molar-refractivity contribution in [3.05, 3.63) is 53.5 Å². The van der Waals surface area contributed by atoms with Crippen LogP contribution >= 0.6 is 0 Å². The predicted octanol–water partition coefficient (Wildman–Crippen LogP) is 3.19. The van der Waals surface area contributed by atoms with E-state index in [1.165, 1.54) is 12.1 Å². The maximum absolute atomic E-state index is 13.0. The van der Waals surface area contributed by atoms with E-state index in [4.69, 9.17) is 8.94 Å². The van der Waals surface area contributed by atoms with Gasteiger partial charge < -0.3 is 13.8 Å². The van der Waals surface area contributed by atoms with Gasteiger partial charge in [-0.15, -0.1) is 10.2 Å².